The molecule has 0 radical (unpaired) electrons. The summed E-state index contributed by atoms with van der Waals surface area (Å²) in [7, 11) is 0. The van der Waals surface area contributed by atoms with E-state index in [2.05, 4.69) is 29.1 Å². The highest BCUT2D eigenvalue weighted by molar-refractivity contribution is 5.37. The van der Waals surface area contributed by atoms with Crippen LogP contribution in [0.2, 0.25) is 0 Å². The van der Waals surface area contributed by atoms with Crippen LogP contribution >= 0.6 is 0 Å². The van der Waals surface area contributed by atoms with Crippen LogP contribution in [0.15, 0.2) is 12.3 Å². The summed E-state index contributed by atoms with van der Waals surface area (Å²) in [5.74, 6) is 1.12. The van der Waals surface area contributed by atoms with Crippen LogP contribution in [0.4, 0.5) is 11.8 Å². The van der Waals surface area contributed by atoms with Crippen molar-refractivity contribution in [2.45, 2.75) is 39.2 Å². The molecular weight excluding hydrogens is 176 g/mol. The van der Waals surface area contributed by atoms with Crippen molar-refractivity contribution in [1.29, 1.82) is 0 Å². The minimum absolute atomic E-state index is 0.317. The van der Waals surface area contributed by atoms with E-state index in [0.29, 0.717) is 12.0 Å². The number of hydrogen-bond acceptors (Lipinski definition) is 4. The first-order valence-corrected chi connectivity index (χ1v) is 5.07. The molecule has 0 aliphatic rings. The molecule has 1 atom stereocenters. The van der Waals surface area contributed by atoms with Gasteiger partial charge in [-0.15, -0.1) is 0 Å². The standard InChI is InChI=1S/C10H18N4/c1-3-4-5-8(2)13-9-6-7-12-10(11)14-9/h6-8H,3-5H2,1-2H3,(H3,11,12,13,14). The smallest absolute Gasteiger partial charge is 0.221 e. The zero-order valence-corrected chi connectivity index (χ0v) is 8.83. The third-order valence-electron chi connectivity index (χ3n) is 2.06. The molecule has 1 unspecified atom stereocenters. The minimum Gasteiger partial charge on any atom is -0.368 e. The van der Waals surface area contributed by atoms with Crippen LogP contribution < -0.4 is 11.1 Å². The van der Waals surface area contributed by atoms with Crippen LogP contribution in [0.1, 0.15) is 33.1 Å². The first-order chi connectivity index (χ1) is 6.72. The van der Waals surface area contributed by atoms with Gasteiger partial charge in [0.1, 0.15) is 5.82 Å². The fourth-order valence-electron chi connectivity index (χ4n) is 1.29. The van der Waals surface area contributed by atoms with Gasteiger partial charge >= 0.3 is 0 Å². The lowest BCUT2D eigenvalue weighted by molar-refractivity contribution is 0.643. The lowest BCUT2D eigenvalue weighted by atomic mass is 10.1. The number of aromatic nitrogens is 2. The third kappa shape index (κ3) is 3.60. The Morgan fingerprint density at radius 3 is 3.00 bits per heavy atom. The molecule has 4 nitrogen and oxygen atoms in total. The van der Waals surface area contributed by atoms with E-state index in [1.54, 1.807) is 6.20 Å². The van der Waals surface area contributed by atoms with E-state index in [1.165, 1.54) is 12.8 Å². The van der Waals surface area contributed by atoms with E-state index in [4.69, 9.17) is 5.73 Å². The van der Waals surface area contributed by atoms with Gasteiger partial charge in [0.15, 0.2) is 0 Å². The summed E-state index contributed by atoms with van der Waals surface area (Å²) in [4.78, 5) is 7.91. The number of rotatable bonds is 5. The van der Waals surface area contributed by atoms with Crippen LogP contribution in [0.3, 0.4) is 0 Å². The summed E-state index contributed by atoms with van der Waals surface area (Å²) in [6.45, 7) is 4.34. The monoisotopic (exact) mass is 194 g/mol. The quantitative estimate of drug-likeness (QED) is 0.753. The molecular formula is C10H18N4. The van der Waals surface area contributed by atoms with Crippen molar-refractivity contribution in [3.05, 3.63) is 12.3 Å². The first kappa shape index (κ1) is 10.8. The molecule has 78 valence electrons. The normalized spacial score (nSPS) is 12.4. The Bertz CT molecular complexity index is 275. The Kier molecular flexibility index (Phi) is 4.16. The van der Waals surface area contributed by atoms with Crippen molar-refractivity contribution in [2.75, 3.05) is 11.1 Å². The predicted molar refractivity (Wildman–Crippen MR) is 59.1 cm³/mol. The average Bonchev–Trinajstić information content (AvgIpc) is 2.15. The van der Waals surface area contributed by atoms with Crippen LogP contribution in [-0.2, 0) is 0 Å². The second kappa shape index (κ2) is 5.42. The van der Waals surface area contributed by atoms with Crippen molar-refractivity contribution in [3.63, 3.8) is 0 Å². The van der Waals surface area contributed by atoms with E-state index in [0.717, 1.165) is 12.2 Å². The van der Waals surface area contributed by atoms with Gasteiger partial charge < -0.3 is 11.1 Å². The molecule has 0 bridgehead atoms. The molecule has 0 aliphatic heterocycles. The molecule has 0 amide bonds. The summed E-state index contributed by atoms with van der Waals surface area (Å²) < 4.78 is 0. The van der Waals surface area contributed by atoms with E-state index in [9.17, 15) is 0 Å². The second-order valence-corrected chi connectivity index (χ2v) is 3.49. The Balaban J connectivity index is 2.43. The molecule has 4 heteroatoms. The van der Waals surface area contributed by atoms with Gasteiger partial charge in [-0.3, -0.25) is 0 Å². The molecule has 14 heavy (non-hydrogen) atoms. The SMILES string of the molecule is CCCCC(C)Nc1ccnc(N)n1. The third-order valence-corrected chi connectivity index (χ3v) is 2.06. The second-order valence-electron chi connectivity index (χ2n) is 3.49. The summed E-state index contributed by atoms with van der Waals surface area (Å²) >= 11 is 0. The predicted octanol–water partition coefficient (Wildman–Crippen LogP) is 2.05. The van der Waals surface area contributed by atoms with Gasteiger partial charge in [0, 0.05) is 12.2 Å². The largest absolute Gasteiger partial charge is 0.368 e. The van der Waals surface area contributed by atoms with E-state index in [1.807, 2.05) is 6.07 Å². The number of nitrogens with two attached hydrogens (primary N) is 1. The van der Waals surface area contributed by atoms with E-state index in [-0.39, 0.29) is 0 Å². The maximum atomic E-state index is 5.47. The molecule has 0 spiro atoms. The van der Waals surface area contributed by atoms with Gasteiger partial charge in [0.25, 0.3) is 0 Å². The lowest BCUT2D eigenvalue weighted by Crippen LogP contribution is -2.16. The number of nitrogens with zero attached hydrogens (tertiary/aromatic N) is 2. The maximum Gasteiger partial charge on any atom is 0.221 e. The number of hydrogen-bond donors (Lipinski definition) is 2. The van der Waals surface area contributed by atoms with Crippen LogP contribution in [-0.4, -0.2) is 16.0 Å². The van der Waals surface area contributed by atoms with Gasteiger partial charge in [-0.2, -0.15) is 4.98 Å². The van der Waals surface area contributed by atoms with Crippen LogP contribution in [0.5, 0.6) is 0 Å². The first-order valence-electron chi connectivity index (χ1n) is 5.07. The zero-order chi connectivity index (χ0) is 10.4. The summed E-state index contributed by atoms with van der Waals surface area (Å²) in [6, 6.07) is 2.27. The van der Waals surface area contributed by atoms with Crippen molar-refractivity contribution in [2.24, 2.45) is 0 Å². The fraction of sp³-hybridized carbons (Fsp3) is 0.600. The number of nitrogens with one attached hydrogen (secondary N) is 1. The molecule has 1 aromatic heterocycles. The van der Waals surface area contributed by atoms with Crippen molar-refractivity contribution >= 4 is 11.8 Å². The highest BCUT2D eigenvalue weighted by Crippen LogP contribution is 2.08. The summed E-state index contributed by atoms with van der Waals surface area (Å²) in [6.07, 6.45) is 5.27. The molecule has 3 N–H and O–H groups in total. The zero-order valence-electron chi connectivity index (χ0n) is 8.83. The minimum atomic E-state index is 0.317. The maximum absolute atomic E-state index is 5.47. The van der Waals surface area contributed by atoms with Crippen molar-refractivity contribution in [1.82, 2.24) is 9.97 Å². The van der Waals surface area contributed by atoms with Crippen LogP contribution in [0, 0.1) is 0 Å². The Morgan fingerprint density at radius 1 is 1.57 bits per heavy atom. The molecule has 0 fully saturated rings. The van der Waals surface area contributed by atoms with Gasteiger partial charge in [-0.05, 0) is 19.4 Å². The Labute approximate surface area is 85.0 Å². The van der Waals surface area contributed by atoms with Gasteiger partial charge in [0.05, 0.1) is 0 Å². The molecule has 1 rings (SSSR count). The Hall–Kier alpha value is -1.32. The Morgan fingerprint density at radius 2 is 2.36 bits per heavy atom. The topological polar surface area (TPSA) is 63.8 Å². The fourth-order valence-corrected chi connectivity index (χ4v) is 1.29. The van der Waals surface area contributed by atoms with Gasteiger partial charge in [-0.25, -0.2) is 4.98 Å². The molecule has 0 saturated heterocycles. The summed E-state index contributed by atoms with van der Waals surface area (Å²) in [5.41, 5.74) is 5.47. The van der Waals surface area contributed by atoms with Crippen LogP contribution in [0.25, 0.3) is 0 Å². The van der Waals surface area contributed by atoms with E-state index < -0.39 is 0 Å². The van der Waals surface area contributed by atoms with Crippen molar-refractivity contribution < 1.29 is 0 Å². The average molecular weight is 194 g/mol. The van der Waals surface area contributed by atoms with Gasteiger partial charge in [-0.1, -0.05) is 19.8 Å². The molecule has 1 heterocycles. The van der Waals surface area contributed by atoms with E-state index >= 15 is 0 Å². The van der Waals surface area contributed by atoms with Gasteiger partial charge in [0.2, 0.25) is 5.95 Å². The molecule has 1 aromatic rings. The molecule has 0 saturated carbocycles. The number of nitrogen functional groups attached to an aromatic ring is 1. The molecule has 0 aliphatic carbocycles. The lowest BCUT2D eigenvalue weighted by Gasteiger charge is -2.13. The van der Waals surface area contributed by atoms with Crippen molar-refractivity contribution in [3.8, 4) is 0 Å². The highest BCUT2D eigenvalue weighted by atomic mass is 15.1. The highest BCUT2D eigenvalue weighted by Gasteiger charge is 2.02. The number of anilines is 2. The molecule has 0 aromatic carbocycles. The summed E-state index contributed by atoms with van der Waals surface area (Å²) in [5, 5.41) is 3.29. The number of unbranched alkanes of at least 4 members (excludes halogenated alkanes) is 1.